The molecular formula is C18H23NO2. The quantitative estimate of drug-likeness (QED) is 0.908. The third-order valence-corrected chi connectivity index (χ3v) is 6.13. The lowest BCUT2D eigenvalue weighted by Crippen LogP contribution is -2.61. The van der Waals surface area contributed by atoms with Gasteiger partial charge in [0.2, 0.25) is 0 Å². The second-order valence-electron chi connectivity index (χ2n) is 7.43. The lowest BCUT2D eigenvalue weighted by atomic mass is 9.58. The summed E-state index contributed by atoms with van der Waals surface area (Å²) in [5.41, 5.74) is 1.90. The number of carbonyl (C=O) groups is 1. The van der Waals surface area contributed by atoms with E-state index in [-0.39, 0.29) is 23.0 Å². The lowest BCUT2D eigenvalue weighted by molar-refractivity contribution is 0.0265. The summed E-state index contributed by atoms with van der Waals surface area (Å²) in [4.78, 5) is 15.4. The summed E-state index contributed by atoms with van der Waals surface area (Å²) < 4.78 is 0. The largest absolute Gasteiger partial charge is 0.508 e. The number of phenolic OH excluding ortho intramolecular Hbond substituents is 1. The molecule has 1 aromatic rings. The number of nitrogens with zero attached hydrogens (tertiary/aromatic N) is 1. The molecule has 0 spiro atoms. The van der Waals surface area contributed by atoms with Gasteiger partial charge >= 0.3 is 0 Å². The molecule has 2 fully saturated rings. The standard InChI is InChI=1S/C18H23NO2/c1-11-16-17(21)14-6-5-13(20)9-15(14)18(11,2)7-8-19(16)10-12-3-4-12/h5-6,9,11-12,16,20H,3-4,7-8,10H2,1-2H3/t11-,16-,18+/m1/s1. The van der Waals surface area contributed by atoms with Crippen LogP contribution in [0.1, 0.15) is 49.0 Å². The summed E-state index contributed by atoms with van der Waals surface area (Å²) in [6, 6.07) is 5.32. The van der Waals surface area contributed by atoms with Crippen molar-refractivity contribution in [3.05, 3.63) is 29.3 Å². The molecule has 1 aliphatic heterocycles. The van der Waals surface area contributed by atoms with Crippen molar-refractivity contribution in [2.24, 2.45) is 11.8 Å². The SMILES string of the molecule is C[C@@H]1[C@@H]2C(=O)c3ccc(O)cc3[C@@]1(C)CCN2CC1CC1. The van der Waals surface area contributed by atoms with Crippen molar-refractivity contribution < 1.29 is 9.90 Å². The van der Waals surface area contributed by atoms with Crippen LogP contribution in [0.4, 0.5) is 0 Å². The molecule has 1 saturated heterocycles. The van der Waals surface area contributed by atoms with E-state index in [0.717, 1.165) is 36.6 Å². The Hall–Kier alpha value is -1.35. The molecule has 3 atom stereocenters. The Kier molecular flexibility index (Phi) is 2.74. The highest BCUT2D eigenvalue weighted by atomic mass is 16.3. The fourth-order valence-corrected chi connectivity index (χ4v) is 4.40. The molecule has 1 N–H and O–H groups in total. The van der Waals surface area contributed by atoms with Crippen molar-refractivity contribution in [3.63, 3.8) is 0 Å². The first-order valence-electron chi connectivity index (χ1n) is 8.12. The van der Waals surface area contributed by atoms with Crippen LogP contribution < -0.4 is 0 Å². The third kappa shape index (κ3) is 1.87. The second-order valence-corrected chi connectivity index (χ2v) is 7.43. The lowest BCUT2D eigenvalue weighted by Gasteiger charge is -2.53. The number of phenols is 1. The Balaban J connectivity index is 1.79. The minimum absolute atomic E-state index is 0.00665. The van der Waals surface area contributed by atoms with Crippen LogP contribution >= 0.6 is 0 Å². The molecule has 3 nitrogen and oxygen atoms in total. The van der Waals surface area contributed by atoms with Gasteiger partial charge in [-0.1, -0.05) is 13.8 Å². The Morgan fingerprint density at radius 3 is 2.86 bits per heavy atom. The van der Waals surface area contributed by atoms with Crippen LogP contribution in [0.2, 0.25) is 0 Å². The number of likely N-dealkylation sites (tertiary alicyclic amines) is 1. The zero-order chi connectivity index (χ0) is 14.8. The number of aromatic hydroxyl groups is 1. The molecule has 0 radical (unpaired) electrons. The first-order valence-corrected chi connectivity index (χ1v) is 8.12. The molecule has 4 rings (SSSR count). The first-order chi connectivity index (χ1) is 10.0. The number of piperidine rings is 1. The molecule has 112 valence electrons. The summed E-state index contributed by atoms with van der Waals surface area (Å²) in [6.45, 7) is 6.57. The van der Waals surface area contributed by atoms with Crippen molar-refractivity contribution in [2.45, 2.75) is 44.6 Å². The molecule has 3 aliphatic rings. The maximum absolute atomic E-state index is 13.0. The van der Waals surface area contributed by atoms with E-state index in [1.807, 2.05) is 12.1 Å². The average molecular weight is 285 g/mol. The fraction of sp³-hybridized carbons (Fsp3) is 0.611. The van der Waals surface area contributed by atoms with Crippen molar-refractivity contribution in [2.75, 3.05) is 13.1 Å². The fourth-order valence-electron chi connectivity index (χ4n) is 4.40. The van der Waals surface area contributed by atoms with E-state index in [9.17, 15) is 9.90 Å². The number of hydrogen-bond acceptors (Lipinski definition) is 3. The normalized spacial score (nSPS) is 35.6. The molecular weight excluding hydrogens is 262 g/mol. The zero-order valence-corrected chi connectivity index (χ0v) is 12.8. The molecule has 1 heterocycles. The summed E-state index contributed by atoms with van der Waals surface area (Å²) in [5, 5.41) is 9.83. The molecule has 21 heavy (non-hydrogen) atoms. The Bertz CT molecular complexity index is 607. The van der Waals surface area contributed by atoms with Gasteiger partial charge in [0.05, 0.1) is 6.04 Å². The highest BCUT2D eigenvalue weighted by molar-refractivity contribution is 6.03. The molecule has 2 bridgehead atoms. The van der Waals surface area contributed by atoms with Gasteiger partial charge in [0, 0.05) is 12.1 Å². The number of fused-ring (bicyclic) bond motifs is 4. The average Bonchev–Trinajstić information content (AvgIpc) is 3.25. The number of hydrogen-bond donors (Lipinski definition) is 1. The van der Waals surface area contributed by atoms with Crippen molar-refractivity contribution in [3.8, 4) is 5.75 Å². The first kappa shape index (κ1) is 13.3. The maximum Gasteiger partial charge on any atom is 0.180 e. The molecule has 1 aromatic carbocycles. The number of ketones is 1. The minimum atomic E-state index is 0.00665. The van der Waals surface area contributed by atoms with Gasteiger partial charge in [-0.25, -0.2) is 0 Å². The van der Waals surface area contributed by atoms with Gasteiger partial charge in [0.15, 0.2) is 5.78 Å². The van der Waals surface area contributed by atoms with Crippen LogP contribution in [0.15, 0.2) is 18.2 Å². The van der Waals surface area contributed by atoms with Crippen LogP contribution in [-0.4, -0.2) is 34.9 Å². The molecule has 0 unspecified atom stereocenters. The highest BCUT2D eigenvalue weighted by Gasteiger charge is 2.52. The van der Waals surface area contributed by atoms with E-state index < -0.39 is 0 Å². The Morgan fingerprint density at radius 1 is 1.38 bits per heavy atom. The van der Waals surface area contributed by atoms with Gasteiger partial charge in [0.25, 0.3) is 0 Å². The molecule has 0 amide bonds. The Morgan fingerprint density at radius 2 is 2.14 bits per heavy atom. The van der Waals surface area contributed by atoms with Crippen LogP contribution in [0.25, 0.3) is 0 Å². The van der Waals surface area contributed by atoms with Gasteiger partial charge in [0.1, 0.15) is 5.75 Å². The van der Waals surface area contributed by atoms with Crippen LogP contribution in [0.5, 0.6) is 5.75 Å². The number of benzene rings is 1. The predicted molar refractivity (Wildman–Crippen MR) is 81.7 cm³/mol. The summed E-state index contributed by atoms with van der Waals surface area (Å²) in [6.07, 6.45) is 3.72. The molecule has 1 saturated carbocycles. The van der Waals surface area contributed by atoms with Gasteiger partial charge in [-0.2, -0.15) is 0 Å². The van der Waals surface area contributed by atoms with Gasteiger partial charge < -0.3 is 5.11 Å². The monoisotopic (exact) mass is 285 g/mol. The number of rotatable bonds is 2. The van der Waals surface area contributed by atoms with E-state index in [1.54, 1.807) is 6.07 Å². The maximum atomic E-state index is 13.0. The summed E-state index contributed by atoms with van der Waals surface area (Å²) in [7, 11) is 0. The second kappa shape index (κ2) is 4.33. The van der Waals surface area contributed by atoms with Gasteiger partial charge in [-0.3, -0.25) is 9.69 Å². The topological polar surface area (TPSA) is 40.5 Å². The smallest absolute Gasteiger partial charge is 0.180 e. The third-order valence-electron chi connectivity index (χ3n) is 6.13. The minimum Gasteiger partial charge on any atom is -0.508 e. The Labute approximate surface area is 126 Å². The van der Waals surface area contributed by atoms with E-state index in [0.29, 0.717) is 5.92 Å². The van der Waals surface area contributed by atoms with E-state index in [1.165, 1.54) is 12.8 Å². The highest BCUT2D eigenvalue weighted by Crippen LogP contribution is 2.49. The van der Waals surface area contributed by atoms with E-state index in [2.05, 4.69) is 18.7 Å². The molecule has 2 aliphatic carbocycles. The summed E-state index contributed by atoms with van der Waals surface area (Å²) in [5.74, 6) is 1.66. The predicted octanol–water partition coefficient (Wildman–Crippen LogP) is 2.97. The van der Waals surface area contributed by atoms with Crippen molar-refractivity contribution in [1.29, 1.82) is 0 Å². The van der Waals surface area contributed by atoms with Gasteiger partial charge in [-0.15, -0.1) is 0 Å². The van der Waals surface area contributed by atoms with Crippen LogP contribution in [0.3, 0.4) is 0 Å². The van der Waals surface area contributed by atoms with Crippen LogP contribution in [0, 0.1) is 11.8 Å². The van der Waals surface area contributed by atoms with Crippen molar-refractivity contribution >= 4 is 5.78 Å². The number of carbonyl (C=O) groups excluding carboxylic acids is 1. The van der Waals surface area contributed by atoms with Crippen LogP contribution in [-0.2, 0) is 5.41 Å². The van der Waals surface area contributed by atoms with E-state index in [4.69, 9.17) is 0 Å². The van der Waals surface area contributed by atoms with Crippen molar-refractivity contribution in [1.82, 2.24) is 4.90 Å². The number of Topliss-reactive ketones (excluding diaryl/α,β-unsaturated/α-hetero) is 1. The molecule has 3 heteroatoms. The molecule has 0 aromatic heterocycles. The zero-order valence-electron chi connectivity index (χ0n) is 12.8. The van der Waals surface area contributed by atoms with Gasteiger partial charge in [-0.05, 0) is 66.8 Å². The van der Waals surface area contributed by atoms with E-state index >= 15 is 0 Å². The summed E-state index contributed by atoms with van der Waals surface area (Å²) >= 11 is 0.